The zero-order chi connectivity index (χ0) is 16.9. The molecule has 1 fully saturated rings. The lowest BCUT2D eigenvalue weighted by atomic mass is 10.1. The first-order chi connectivity index (χ1) is 11.6. The molecule has 2 N–H and O–H groups in total. The number of anilines is 1. The minimum Gasteiger partial charge on any atom is -0.489 e. The number of benzene rings is 2. The van der Waals surface area contributed by atoms with Crippen molar-refractivity contribution in [1.29, 1.82) is 0 Å². The minimum atomic E-state index is -0.443. The van der Waals surface area contributed by atoms with Gasteiger partial charge in [-0.2, -0.15) is 0 Å². The van der Waals surface area contributed by atoms with E-state index in [2.05, 4.69) is 10.6 Å². The van der Waals surface area contributed by atoms with Gasteiger partial charge < -0.3 is 15.4 Å². The van der Waals surface area contributed by atoms with Crippen LogP contribution in [0.5, 0.6) is 5.75 Å². The SMILES string of the molecule is Cc1c(COc2ccccc2)cccc1NC(=O)[C@H]1CCC(=O)N1. The molecular weight excluding hydrogens is 304 g/mol. The molecule has 124 valence electrons. The third-order valence-electron chi connectivity index (χ3n) is 4.15. The van der Waals surface area contributed by atoms with Crippen molar-refractivity contribution in [1.82, 2.24) is 5.32 Å². The third kappa shape index (κ3) is 3.74. The van der Waals surface area contributed by atoms with Crippen molar-refractivity contribution in [2.75, 3.05) is 5.32 Å². The molecule has 1 heterocycles. The predicted molar refractivity (Wildman–Crippen MR) is 91.7 cm³/mol. The number of carbonyl (C=O) groups excluding carboxylic acids is 2. The molecule has 24 heavy (non-hydrogen) atoms. The van der Waals surface area contributed by atoms with Crippen LogP contribution in [0.3, 0.4) is 0 Å². The van der Waals surface area contributed by atoms with Crippen molar-refractivity contribution in [3.05, 3.63) is 59.7 Å². The third-order valence-corrected chi connectivity index (χ3v) is 4.15. The summed E-state index contributed by atoms with van der Waals surface area (Å²) in [6.07, 6.45) is 0.947. The van der Waals surface area contributed by atoms with Crippen LogP contribution in [0.15, 0.2) is 48.5 Å². The summed E-state index contributed by atoms with van der Waals surface area (Å²) < 4.78 is 5.78. The van der Waals surface area contributed by atoms with Gasteiger partial charge in [0.05, 0.1) is 0 Å². The van der Waals surface area contributed by atoms with E-state index in [-0.39, 0.29) is 11.8 Å². The first-order valence-electron chi connectivity index (χ1n) is 8.00. The Hall–Kier alpha value is -2.82. The molecule has 1 saturated heterocycles. The number of hydrogen-bond donors (Lipinski definition) is 2. The monoisotopic (exact) mass is 324 g/mol. The summed E-state index contributed by atoms with van der Waals surface area (Å²) in [6.45, 7) is 2.38. The summed E-state index contributed by atoms with van der Waals surface area (Å²) in [5, 5.41) is 5.58. The molecule has 0 spiro atoms. The molecule has 2 aromatic carbocycles. The second kappa shape index (κ2) is 7.17. The lowest BCUT2D eigenvalue weighted by Gasteiger charge is -2.15. The average Bonchev–Trinajstić information content (AvgIpc) is 3.03. The Kier molecular flexibility index (Phi) is 4.79. The fraction of sp³-hybridized carbons (Fsp3) is 0.263. The maximum atomic E-state index is 12.2. The number of hydrogen-bond acceptors (Lipinski definition) is 3. The topological polar surface area (TPSA) is 67.4 Å². The lowest BCUT2D eigenvalue weighted by Crippen LogP contribution is -2.37. The number of para-hydroxylation sites is 1. The molecule has 5 heteroatoms. The van der Waals surface area contributed by atoms with Gasteiger partial charge in [0, 0.05) is 12.1 Å². The van der Waals surface area contributed by atoms with Crippen LogP contribution in [0, 0.1) is 6.92 Å². The molecule has 2 aromatic rings. The minimum absolute atomic E-state index is 0.0723. The van der Waals surface area contributed by atoms with Crippen LogP contribution in [0.2, 0.25) is 0 Å². The molecule has 0 bridgehead atoms. The Morgan fingerprint density at radius 3 is 2.71 bits per heavy atom. The highest BCUT2D eigenvalue weighted by Gasteiger charge is 2.27. The van der Waals surface area contributed by atoms with Gasteiger partial charge in [-0.15, -0.1) is 0 Å². The van der Waals surface area contributed by atoms with Crippen molar-refractivity contribution >= 4 is 17.5 Å². The summed E-state index contributed by atoms with van der Waals surface area (Å²) in [5.41, 5.74) is 2.72. The molecule has 0 unspecified atom stereocenters. The highest BCUT2D eigenvalue weighted by atomic mass is 16.5. The van der Waals surface area contributed by atoms with Gasteiger partial charge in [-0.1, -0.05) is 30.3 Å². The molecule has 0 radical (unpaired) electrons. The Labute approximate surface area is 141 Å². The fourth-order valence-electron chi connectivity index (χ4n) is 2.68. The van der Waals surface area contributed by atoms with E-state index in [1.165, 1.54) is 0 Å². The van der Waals surface area contributed by atoms with E-state index in [4.69, 9.17) is 4.74 Å². The number of nitrogens with one attached hydrogen (secondary N) is 2. The van der Waals surface area contributed by atoms with Crippen molar-refractivity contribution in [3.8, 4) is 5.75 Å². The first-order valence-corrected chi connectivity index (χ1v) is 8.00. The maximum absolute atomic E-state index is 12.2. The molecule has 1 aliphatic heterocycles. The molecule has 0 saturated carbocycles. The van der Waals surface area contributed by atoms with E-state index in [1.807, 2.05) is 55.5 Å². The van der Waals surface area contributed by atoms with E-state index in [1.54, 1.807) is 0 Å². The molecule has 0 aromatic heterocycles. The number of rotatable bonds is 5. The van der Waals surface area contributed by atoms with E-state index < -0.39 is 6.04 Å². The zero-order valence-corrected chi connectivity index (χ0v) is 13.5. The Balaban J connectivity index is 1.66. The number of ether oxygens (including phenoxy) is 1. The van der Waals surface area contributed by atoms with Crippen LogP contribution in [0.25, 0.3) is 0 Å². The number of carbonyl (C=O) groups is 2. The normalized spacial score (nSPS) is 16.5. The molecular formula is C19H20N2O3. The van der Waals surface area contributed by atoms with Crippen molar-refractivity contribution in [3.63, 3.8) is 0 Å². The highest BCUT2D eigenvalue weighted by Crippen LogP contribution is 2.22. The zero-order valence-electron chi connectivity index (χ0n) is 13.5. The lowest BCUT2D eigenvalue weighted by molar-refractivity contribution is -0.122. The molecule has 1 atom stereocenters. The molecule has 0 aliphatic carbocycles. The van der Waals surface area contributed by atoms with E-state index in [0.29, 0.717) is 19.4 Å². The Morgan fingerprint density at radius 2 is 2.00 bits per heavy atom. The van der Waals surface area contributed by atoms with Crippen LogP contribution in [-0.4, -0.2) is 17.9 Å². The van der Waals surface area contributed by atoms with Crippen LogP contribution in [0.4, 0.5) is 5.69 Å². The largest absolute Gasteiger partial charge is 0.489 e. The second-order valence-electron chi connectivity index (χ2n) is 5.84. The fourth-order valence-corrected chi connectivity index (χ4v) is 2.68. The van der Waals surface area contributed by atoms with Gasteiger partial charge in [0.25, 0.3) is 0 Å². The van der Waals surface area contributed by atoms with Gasteiger partial charge in [-0.3, -0.25) is 9.59 Å². The van der Waals surface area contributed by atoms with Gasteiger partial charge in [-0.05, 0) is 42.7 Å². The van der Waals surface area contributed by atoms with Gasteiger partial charge in [0.2, 0.25) is 11.8 Å². The summed E-state index contributed by atoms with van der Waals surface area (Å²) >= 11 is 0. The van der Waals surface area contributed by atoms with Crippen molar-refractivity contribution in [2.24, 2.45) is 0 Å². The van der Waals surface area contributed by atoms with Crippen LogP contribution >= 0.6 is 0 Å². The quantitative estimate of drug-likeness (QED) is 0.889. The Bertz CT molecular complexity index is 744. The summed E-state index contributed by atoms with van der Waals surface area (Å²) in [5.74, 6) is 0.557. The summed E-state index contributed by atoms with van der Waals surface area (Å²) in [4.78, 5) is 23.5. The van der Waals surface area contributed by atoms with Crippen molar-refractivity contribution < 1.29 is 14.3 Å². The van der Waals surface area contributed by atoms with Crippen LogP contribution in [0.1, 0.15) is 24.0 Å². The van der Waals surface area contributed by atoms with Gasteiger partial charge in [-0.25, -0.2) is 0 Å². The van der Waals surface area contributed by atoms with Gasteiger partial charge >= 0.3 is 0 Å². The van der Waals surface area contributed by atoms with E-state index >= 15 is 0 Å². The molecule has 3 rings (SSSR count). The predicted octanol–water partition coefficient (Wildman–Crippen LogP) is 2.79. The average molecular weight is 324 g/mol. The Morgan fingerprint density at radius 1 is 1.21 bits per heavy atom. The standard InChI is InChI=1S/C19H20N2O3/c1-13-14(12-24-15-7-3-2-4-8-15)6-5-9-16(13)21-19(23)17-10-11-18(22)20-17/h2-9,17H,10-12H2,1H3,(H,20,22)(H,21,23)/t17-/m1/s1. The molecule has 1 aliphatic rings. The number of amides is 2. The smallest absolute Gasteiger partial charge is 0.246 e. The molecule has 2 amide bonds. The van der Waals surface area contributed by atoms with Crippen LogP contribution < -0.4 is 15.4 Å². The van der Waals surface area contributed by atoms with Crippen LogP contribution in [-0.2, 0) is 16.2 Å². The summed E-state index contributed by atoms with van der Waals surface area (Å²) in [7, 11) is 0. The van der Waals surface area contributed by atoms with Crippen molar-refractivity contribution in [2.45, 2.75) is 32.4 Å². The van der Waals surface area contributed by atoms with Gasteiger partial charge in [0.15, 0.2) is 0 Å². The first kappa shape index (κ1) is 16.1. The maximum Gasteiger partial charge on any atom is 0.246 e. The molecule has 5 nitrogen and oxygen atoms in total. The second-order valence-corrected chi connectivity index (χ2v) is 5.84. The summed E-state index contributed by atoms with van der Waals surface area (Å²) in [6, 6.07) is 14.9. The highest BCUT2D eigenvalue weighted by molar-refractivity contribution is 5.99. The van der Waals surface area contributed by atoms with E-state index in [0.717, 1.165) is 22.6 Å². The van der Waals surface area contributed by atoms with E-state index in [9.17, 15) is 9.59 Å². The van der Waals surface area contributed by atoms with Gasteiger partial charge in [0.1, 0.15) is 18.4 Å².